The van der Waals surface area contributed by atoms with Crippen molar-refractivity contribution in [2.75, 3.05) is 0 Å². The highest BCUT2D eigenvalue weighted by atomic mass is 35.5. The summed E-state index contributed by atoms with van der Waals surface area (Å²) in [6, 6.07) is 7.21. The topological polar surface area (TPSA) is 56.3 Å². The molecular weight excluding hydrogens is 298 g/mol. The lowest BCUT2D eigenvalue weighted by molar-refractivity contribution is -0.124. The molecule has 0 spiro atoms. The summed E-state index contributed by atoms with van der Waals surface area (Å²) >= 11 is 7.24. The number of rotatable bonds is 4. The van der Waals surface area contributed by atoms with Crippen molar-refractivity contribution in [3.05, 3.63) is 40.4 Å². The molecule has 0 bridgehead atoms. The van der Waals surface area contributed by atoms with E-state index in [-0.39, 0.29) is 11.5 Å². The molecule has 0 radical (unpaired) electrons. The molecule has 1 atom stereocenters. The second-order valence-electron chi connectivity index (χ2n) is 4.21. The van der Waals surface area contributed by atoms with Crippen LogP contribution in [-0.4, -0.2) is 22.8 Å². The number of carbonyl (C=O) groups is 2. The van der Waals surface area contributed by atoms with E-state index in [1.54, 1.807) is 17.5 Å². The van der Waals surface area contributed by atoms with Crippen LogP contribution >= 0.6 is 22.9 Å². The third-order valence-electron chi connectivity index (χ3n) is 2.64. The van der Waals surface area contributed by atoms with Gasteiger partial charge < -0.3 is 4.74 Å². The highest BCUT2D eigenvalue weighted by Gasteiger charge is 2.18. The molecule has 1 aromatic heterocycles. The number of ether oxygens (including phenoxy) is 1. The normalized spacial score (nSPS) is 11.9. The quantitative estimate of drug-likeness (QED) is 0.810. The first-order valence-corrected chi connectivity index (χ1v) is 7.16. The molecule has 0 fully saturated rings. The summed E-state index contributed by atoms with van der Waals surface area (Å²) in [5.41, 5.74) is 1.03. The number of thiazole rings is 1. The molecule has 0 saturated heterocycles. The Morgan fingerprint density at radius 1 is 1.40 bits per heavy atom. The Labute approximate surface area is 125 Å². The van der Waals surface area contributed by atoms with Gasteiger partial charge in [0.15, 0.2) is 17.6 Å². The summed E-state index contributed by atoms with van der Waals surface area (Å²) < 4.78 is 5.00. The third-order valence-corrected chi connectivity index (χ3v) is 3.77. The van der Waals surface area contributed by atoms with Gasteiger partial charge in [-0.1, -0.05) is 23.7 Å². The van der Waals surface area contributed by atoms with Crippen LogP contribution in [0.5, 0.6) is 0 Å². The van der Waals surface area contributed by atoms with E-state index in [4.69, 9.17) is 16.3 Å². The van der Waals surface area contributed by atoms with E-state index in [1.807, 2.05) is 12.1 Å². The predicted octanol–water partition coefficient (Wildman–Crippen LogP) is 3.60. The fourth-order valence-electron chi connectivity index (χ4n) is 1.43. The SMILES string of the molecule is CC(=O)C(C)OC(=O)c1csc(-c2cccc(Cl)c2)n1. The van der Waals surface area contributed by atoms with Gasteiger partial charge >= 0.3 is 5.97 Å². The van der Waals surface area contributed by atoms with Gasteiger partial charge in [0.2, 0.25) is 0 Å². The largest absolute Gasteiger partial charge is 0.450 e. The summed E-state index contributed by atoms with van der Waals surface area (Å²) in [5, 5.41) is 2.88. The van der Waals surface area contributed by atoms with E-state index in [2.05, 4.69) is 4.98 Å². The molecule has 2 aromatic rings. The van der Waals surface area contributed by atoms with Crippen molar-refractivity contribution in [2.24, 2.45) is 0 Å². The second-order valence-corrected chi connectivity index (χ2v) is 5.50. The molecule has 0 aliphatic rings. The van der Waals surface area contributed by atoms with Gasteiger partial charge in [0, 0.05) is 16.0 Å². The van der Waals surface area contributed by atoms with Crippen molar-refractivity contribution >= 4 is 34.7 Å². The fourth-order valence-corrected chi connectivity index (χ4v) is 2.40. The number of nitrogens with zero attached hydrogens (tertiary/aromatic N) is 1. The van der Waals surface area contributed by atoms with Crippen LogP contribution in [-0.2, 0) is 9.53 Å². The number of carbonyl (C=O) groups excluding carboxylic acids is 2. The smallest absolute Gasteiger partial charge is 0.358 e. The van der Waals surface area contributed by atoms with Crippen molar-refractivity contribution in [1.29, 1.82) is 0 Å². The lowest BCUT2D eigenvalue weighted by atomic mass is 10.2. The maximum atomic E-state index is 11.8. The van der Waals surface area contributed by atoms with Gasteiger partial charge in [0.1, 0.15) is 5.01 Å². The monoisotopic (exact) mass is 309 g/mol. The molecule has 0 aliphatic heterocycles. The lowest BCUT2D eigenvalue weighted by Gasteiger charge is -2.07. The Hall–Kier alpha value is -1.72. The predicted molar refractivity (Wildman–Crippen MR) is 78.1 cm³/mol. The number of Topliss-reactive ketones (excluding diaryl/α,β-unsaturated/α-hetero) is 1. The molecule has 0 N–H and O–H groups in total. The maximum Gasteiger partial charge on any atom is 0.358 e. The molecule has 2 rings (SSSR count). The third kappa shape index (κ3) is 3.43. The summed E-state index contributed by atoms with van der Waals surface area (Å²) in [6.45, 7) is 2.90. The first kappa shape index (κ1) is 14.7. The average Bonchev–Trinajstić information content (AvgIpc) is 2.88. The molecule has 4 nitrogen and oxygen atoms in total. The van der Waals surface area contributed by atoms with Crippen molar-refractivity contribution in [2.45, 2.75) is 20.0 Å². The number of hydrogen-bond acceptors (Lipinski definition) is 5. The van der Waals surface area contributed by atoms with E-state index < -0.39 is 12.1 Å². The first-order chi connectivity index (χ1) is 9.47. The van der Waals surface area contributed by atoms with Crippen molar-refractivity contribution in [3.63, 3.8) is 0 Å². The lowest BCUT2D eigenvalue weighted by Crippen LogP contribution is -2.21. The number of benzene rings is 1. The van der Waals surface area contributed by atoms with Gasteiger partial charge in [-0.2, -0.15) is 0 Å². The minimum atomic E-state index is -0.765. The number of hydrogen-bond donors (Lipinski definition) is 0. The van der Waals surface area contributed by atoms with Gasteiger partial charge in [0.05, 0.1) is 0 Å². The fraction of sp³-hybridized carbons (Fsp3) is 0.214. The van der Waals surface area contributed by atoms with Crippen LogP contribution in [0.1, 0.15) is 24.3 Å². The molecule has 1 aromatic carbocycles. The highest BCUT2D eigenvalue weighted by molar-refractivity contribution is 7.13. The minimum absolute atomic E-state index is 0.193. The Morgan fingerprint density at radius 2 is 2.15 bits per heavy atom. The van der Waals surface area contributed by atoms with Gasteiger partial charge in [-0.05, 0) is 26.0 Å². The summed E-state index contributed by atoms with van der Waals surface area (Å²) in [5.74, 6) is -0.805. The van der Waals surface area contributed by atoms with E-state index in [9.17, 15) is 9.59 Å². The maximum absolute atomic E-state index is 11.8. The molecule has 20 heavy (non-hydrogen) atoms. The van der Waals surface area contributed by atoms with Crippen LogP contribution in [0.2, 0.25) is 5.02 Å². The standard InChI is InChI=1S/C14H12ClNO3S/c1-8(17)9(2)19-14(18)12-7-20-13(16-12)10-4-3-5-11(15)6-10/h3-7,9H,1-2H3. The molecule has 104 valence electrons. The Bertz CT molecular complexity index is 653. The minimum Gasteiger partial charge on any atom is -0.450 e. The number of halogens is 1. The summed E-state index contributed by atoms with van der Waals surface area (Å²) in [7, 11) is 0. The number of aromatic nitrogens is 1. The zero-order valence-corrected chi connectivity index (χ0v) is 12.5. The summed E-state index contributed by atoms with van der Waals surface area (Å²) in [4.78, 5) is 27.1. The highest BCUT2D eigenvalue weighted by Crippen LogP contribution is 2.26. The average molecular weight is 310 g/mol. The van der Waals surface area contributed by atoms with Crippen LogP contribution in [0.3, 0.4) is 0 Å². The molecule has 6 heteroatoms. The second kappa shape index (κ2) is 6.15. The van der Waals surface area contributed by atoms with Crippen molar-refractivity contribution in [1.82, 2.24) is 4.98 Å². The van der Waals surface area contributed by atoms with Crippen LogP contribution in [0.15, 0.2) is 29.6 Å². The summed E-state index contributed by atoms with van der Waals surface area (Å²) in [6.07, 6.45) is -0.765. The van der Waals surface area contributed by atoms with Crippen LogP contribution < -0.4 is 0 Å². The molecule has 1 unspecified atom stereocenters. The van der Waals surface area contributed by atoms with E-state index in [0.717, 1.165) is 5.56 Å². The molecule has 0 saturated carbocycles. The zero-order chi connectivity index (χ0) is 14.7. The molecule has 0 amide bonds. The Balaban J connectivity index is 2.17. The van der Waals surface area contributed by atoms with Gasteiger partial charge in [-0.15, -0.1) is 11.3 Å². The van der Waals surface area contributed by atoms with Crippen LogP contribution in [0.4, 0.5) is 0 Å². The van der Waals surface area contributed by atoms with Gasteiger partial charge in [-0.3, -0.25) is 4.79 Å². The molecule has 1 heterocycles. The Morgan fingerprint density at radius 3 is 2.80 bits per heavy atom. The Kier molecular flexibility index (Phi) is 4.52. The van der Waals surface area contributed by atoms with E-state index in [0.29, 0.717) is 10.0 Å². The molecular formula is C14H12ClNO3S. The van der Waals surface area contributed by atoms with Crippen LogP contribution in [0, 0.1) is 0 Å². The van der Waals surface area contributed by atoms with Gasteiger partial charge in [0.25, 0.3) is 0 Å². The van der Waals surface area contributed by atoms with E-state index in [1.165, 1.54) is 25.2 Å². The van der Waals surface area contributed by atoms with E-state index >= 15 is 0 Å². The number of esters is 1. The van der Waals surface area contributed by atoms with Gasteiger partial charge in [-0.25, -0.2) is 9.78 Å². The number of ketones is 1. The van der Waals surface area contributed by atoms with Crippen LogP contribution in [0.25, 0.3) is 10.6 Å². The molecule has 0 aliphatic carbocycles. The van der Waals surface area contributed by atoms with Crippen molar-refractivity contribution in [3.8, 4) is 10.6 Å². The van der Waals surface area contributed by atoms with Crippen molar-refractivity contribution < 1.29 is 14.3 Å². The zero-order valence-electron chi connectivity index (χ0n) is 10.9. The first-order valence-electron chi connectivity index (χ1n) is 5.90.